The van der Waals surface area contributed by atoms with Gasteiger partial charge < -0.3 is 10.7 Å². The van der Waals surface area contributed by atoms with Gasteiger partial charge in [-0.25, -0.2) is 4.98 Å². The lowest BCUT2D eigenvalue weighted by Gasteiger charge is -2.09. The Morgan fingerprint density at radius 2 is 2.00 bits per heavy atom. The first kappa shape index (κ1) is 16.8. The maximum Gasteiger partial charge on any atom is 0.195 e. The number of nitrogens with zero attached hydrogens (tertiary/aromatic N) is 1. The van der Waals surface area contributed by atoms with E-state index >= 15 is 0 Å². The highest BCUT2D eigenvalue weighted by molar-refractivity contribution is 6.19. The van der Waals surface area contributed by atoms with E-state index < -0.39 is 0 Å². The molecule has 0 aliphatic heterocycles. The molecule has 0 aliphatic carbocycles. The lowest BCUT2D eigenvalue weighted by molar-refractivity contribution is 0.103. The Morgan fingerprint density at radius 3 is 2.78 bits per heavy atom. The predicted octanol–water partition coefficient (Wildman–Crippen LogP) is 4.99. The second-order valence-electron chi connectivity index (χ2n) is 6.52. The molecule has 4 nitrogen and oxygen atoms in total. The first-order valence-electron chi connectivity index (χ1n) is 8.68. The van der Waals surface area contributed by atoms with Gasteiger partial charge >= 0.3 is 0 Å². The molecule has 0 aliphatic rings. The largest absolute Gasteiger partial charge is 0.399 e. The molecule has 4 heteroatoms. The molecule has 4 rings (SSSR count). The number of pyridine rings is 1. The third kappa shape index (κ3) is 2.91. The van der Waals surface area contributed by atoms with Crippen molar-refractivity contribution in [1.29, 1.82) is 0 Å². The summed E-state index contributed by atoms with van der Waals surface area (Å²) < 4.78 is 0. The zero-order valence-corrected chi connectivity index (χ0v) is 15.0. The highest BCUT2D eigenvalue weighted by Crippen LogP contribution is 2.32. The number of nitrogens with one attached hydrogen (secondary N) is 1. The van der Waals surface area contributed by atoms with Gasteiger partial charge in [0.2, 0.25) is 0 Å². The van der Waals surface area contributed by atoms with Crippen molar-refractivity contribution in [3.63, 3.8) is 0 Å². The molecule has 0 saturated carbocycles. The van der Waals surface area contributed by atoms with Crippen molar-refractivity contribution < 1.29 is 4.79 Å². The summed E-state index contributed by atoms with van der Waals surface area (Å²) in [6.45, 7) is 5.73. The Hall–Kier alpha value is -3.66. The molecule has 3 N–H and O–H groups in total. The van der Waals surface area contributed by atoms with Crippen molar-refractivity contribution in [2.24, 2.45) is 0 Å². The minimum Gasteiger partial charge on any atom is -0.399 e. The van der Waals surface area contributed by atoms with Crippen LogP contribution in [0.3, 0.4) is 0 Å². The summed E-state index contributed by atoms with van der Waals surface area (Å²) in [6.07, 6.45) is 5.20. The maximum absolute atomic E-state index is 13.4. The van der Waals surface area contributed by atoms with Crippen molar-refractivity contribution >= 4 is 28.6 Å². The van der Waals surface area contributed by atoms with Crippen molar-refractivity contribution in [1.82, 2.24) is 9.97 Å². The zero-order valence-electron chi connectivity index (χ0n) is 15.0. The van der Waals surface area contributed by atoms with Gasteiger partial charge in [-0.15, -0.1) is 0 Å². The molecule has 27 heavy (non-hydrogen) atoms. The van der Waals surface area contributed by atoms with Crippen molar-refractivity contribution in [2.45, 2.75) is 6.92 Å². The maximum atomic E-state index is 13.4. The molecule has 132 valence electrons. The second-order valence-corrected chi connectivity index (χ2v) is 6.52. The third-order valence-corrected chi connectivity index (χ3v) is 4.76. The van der Waals surface area contributed by atoms with Crippen molar-refractivity contribution in [3.8, 4) is 11.1 Å². The molecule has 0 saturated heterocycles. The highest BCUT2D eigenvalue weighted by atomic mass is 16.1. The zero-order chi connectivity index (χ0) is 19.0. The summed E-state index contributed by atoms with van der Waals surface area (Å²) in [5.41, 5.74) is 12.3. The molecule has 2 aromatic carbocycles. The number of ketones is 1. The van der Waals surface area contributed by atoms with Crippen LogP contribution in [0.25, 0.3) is 28.2 Å². The topological polar surface area (TPSA) is 71.8 Å². The van der Waals surface area contributed by atoms with E-state index in [1.54, 1.807) is 18.5 Å². The normalized spacial score (nSPS) is 10.9. The van der Waals surface area contributed by atoms with Gasteiger partial charge in [0.15, 0.2) is 5.78 Å². The van der Waals surface area contributed by atoms with Gasteiger partial charge in [0.1, 0.15) is 5.65 Å². The van der Waals surface area contributed by atoms with Crippen LogP contribution in [0.2, 0.25) is 0 Å². The monoisotopic (exact) mass is 353 g/mol. The van der Waals surface area contributed by atoms with E-state index in [2.05, 4.69) is 16.5 Å². The molecule has 0 atom stereocenters. The van der Waals surface area contributed by atoms with Crippen LogP contribution < -0.4 is 5.73 Å². The Balaban J connectivity index is 1.93. The molecule has 4 aromatic rings. The number of benzene rings is 2. The Labute approximate surface area is 157 Å². The van der Waals surface area contributed by atoms with E-state index in [1.165, 1.54) is 0 Å². The number of hydrogen-bond donors (Lipinski definition) is 2. The minimum atomic E-state index is -0.0411. The van der Waals surface area contributed by atoms with Crippen LogP contribution in [-0.4, -0.2) is 15.8 Å². The minimum absolute atomic E-state index is 0.0411. The first-order valence-corrected chi connectivity index (χ1v) is 8.68. The molecule has 0 radical (unpaired) electrons. The Kier molecular flexibility index (Phi) is 4.09. The van der Waals surface area contributed by atoms with Gasteiger partial charge in [-0.3, -0.25) is 4.79 Å². The number of nitrogens with two attached hydrogens (primary N) is 1. The van der Waals surface area contributed by atoms with Gasteiger partial charge in [-0.2, -0.15) is 0 Å². The van der Waals surface area contributed by atoms with Crippen LogP contribution in [0.5, 0.6) is 0 Å². The van der Waals surface area contributed by atoms with Crippen LogP contribution in [0.4, 0.5) is 5.69 Å². The number of rotatable bonds is 4. The molecule has 0 bridgehead atoms. The third-order valence-electron chi connectivity index (χ3n) is 4.76. The summed E-state index contributed by atoms with van der Waals surface area (Å²) in [5.74, 6) is -0.0411. The van der Waals surface area contributed by atoms with E-state index in [0.717, 1.165) is 27.6 Å². The highest BCUT2D eigenvalue weighted by Gasteiger charge is 2.19. The fourth-order valence-electron chi connectivity index (χ4n) is 3.34. The molecule has 0 spiro atoms. The van der Waals surface area contributed by atoms with E-state index in [1.807, 2.05) is 55.5 Å². The fourth-order valence-corrected chi connectivity index (χ4v) is 3.34. The smallest absolute Gasteiger partial charge is 0.195 e. The van der Waals surface area contributed by atoms with Gasteiger partial charge in [0, 0.05) is 29.0 Å². The lowest BCUT2D eigenvalue weighted by Crippen LogP contribution is -2.04. The molecule has 2 aromatic heterocycles. The van der Waals surface area contributed by atoms with Crippen LogP contribution in [0.1, 0.15) is 27.0 Å². The summed E-state index contributed by atoms with van der Waals surface area (Å²) >= 11 is 0. The number of anilines is 1. The number of nitrogen functional groups attached to an aromatic ring is 1. The van der Waals surface area contributed by atoms with Gasteiger partial charge in [0.25, 0.3) is 0 Å². The average Bonchev–Trinajstić information content (AvgIpc) is 3.12. The number of carbonyl (C=O) groups excluding carboxylic acids is 1. The van der Waals surface area contributed by atoms with Crippen LogP contribution >= 0.6 is 0 Å². The summed E-state index contributed by atoms with van der Waals surface area (Å²) in [7, 11) is 0. The molecular formula is C23H19N3O. The molecular weight excluding hydrogens is 334 g/mol. The number of aromatic amines is 1. The lowest BCUT2D eigenvalue weighted by atomic mass is 9.94. The van der Waals surface area contributed by atoms with E-state index in [4.69, 9.17) is 5.73 Å². The number of carbonyl (C=O) groups is 1. The molecule has 2 heterocycles. The van der Waals surface area contributed by atoms with Gasteiger partial charge in [-0.1, -0.05) is 36.9 Å². The number of hydrogen-bond acceptors (Lipinski definition) is 3. The molecule has 0 unspecified atom stereocenters. The first-order chi connectivity index (χ1) is 13.1. The predicted molar refractivity (Wildman–Crippen MR) is 111 cm³/mol. The number of fused-ring (bicyclic) bond motifs is 1. The quantitative estimate of drug-likeness (QED) is 0.401. The van der Waals surface area contributed by atoms with E-state index in [-0.39, 0.29) is 5.78 Å². The fraction of sp³-hybridized carbons (Fsp3) is 0.0435. The Morgan fingerprint density at radius 1 is 1.15 bits per heavy atom. The van der Waals surface area contributed by atoms with Crippen LogP contribution in [-0.2, 0) is 0 Å². The van der Waals surface area contributed by atoms with E-state index in [0.29, 0.717) is 22.5 Å². The van der Waals surface area contributed by atoms with Gasteiger partial charge in [-0.05, 0) is 53.4 Å². The van der Waals surface area contributed by atoms with E-state index in [9.17, 15) is 4.79 Å². The molecule has 0 amide bonds. The van der Waals surface area contributed by atoms with Crippen molar-refractivity contribution in [2.75, 3.05) is 5.73 Å². The summed E-state index contributed by atoms with van der Waals surface area (Å²) in [6, 6.07) is 15.3. The number of aromatic nitrogens is 2. The standard InChI is InChI=1S/C23H19N3O/c1-3-15-8-7-14(2)19(11-15)22(27)20-13-26-23-21(20)18(9-10-25-23)16-5-4-6-17(24)12-16/h3-13H,1,24H2,2H3,(H,25,26). The second kappa shape index (κ2) is 6.57. The van der Waals surface area contributed by atoms with Crippen LogP contribution in [0.15, 0.2) is 67.5 Å². The van der Waals surface area contributed by atoms with Gasteiger partial charge in [0.05, 0.1) is 5.56 Å². The Bertz CT molecular complexity index is 1190. The number of H-pyrrole nitrogens is 1. The number of aryl methyl sites for hydroxylation is 1. The summed E-state index contributed by atoms with van der Waals surface area (Å²) in [4.78, 5) is 20.9. The molecule has 0 fully saturated rings. The summed E-state index contributed by atoms with van der Waals surface area (Å²) in [5, 5.41) is 0.802. The average molecular weight is 353 g/mol. The SMILES string of the molecule is C=Cc1ccc(C)c(C(=O)c2c[nH]c3nccc(-c4cccc(N)c4)c23)c1. The van der Waals surface area contributed by atoms with Crippen molar-refractivity contribution in [3.05, 3.63) is 89.8 Å². The van der Waals surface area contributed by atoms with Crippen LogP contribution in [0, 0.1) is 6.92 Å².